The first-order chi connectivity index (χ1) is 19.8. The molecule has 0 spiro atoms. The Hall–Kier alpha value is -4.63. The zero-order valence-corrected chi connectivity index (χ0v) is 22.7. The Balaban J connectivity index is 1.41. The number of nitrogens with one attached hydrogen (secondary N) is 1. The zero-order valence-electron chi connectivity index (χ0n) is 21.9. The summed E-state index contributed by atoms with van der Waals surface area (Å²) in [5.74, 6) is 1.44. The number of hydrogen-bond acceptors (Lipinski definition) is 3. The van der Waals surface area contributed by atoms with Crippen LogP contribution in [0.5, 0.6) is 11.5 Å². The second kappa shape index (κ2) is 10.7. The molecule has 206 valence electrons. The van der Waals surface area contributed by atoms with Crippen LogP contribution in [0.4, 0.5) is 18.9 Å². The fourth-order valence-corrected chi connectivity index (χ4v) is 5.45. The van der Waals surface area contributed by atoms with Gasteiger partial charge < -0.3 is 19.5 Å². The Morgan fingerprint density at radius 3 is 2.37 bits per heavy atom. The highest BCUT2D eigenvalue weighted by Gasteiger charge is 2.42. The van der Waals surface area contributed by atoms with Gasteiger partial charge in [0.05, 0.1) is 17.3 Å². The molecule has 1 aliphatic rings. The van der Waals surface area contributed by atoms with Crippen molar-refractivity contribution in [1.29, 1.82) is 0 Å². The molecule has 0 bridgehead atoms. The highest BCUT2D eigenvalue weighted by atomic mass is 32.1. The molecule has 0 saturated carbocycles. The lowest BCUT2D eigenvalue weighted by atomic mass is 10.0. The fraction of sp³-hybridized carbons (Fsp3) is 0.125. The number of para-hydroxylation sites is 1. The standard InChI is InChI=1S/C32H25F3N4OS/c1-21-8-2-3-13-28(21)40-25-16-14-23(15-17-25)39-30(29(37-31(39)41)26-11-4-5-18-36-26)27-12-7-19-38(27)24-10-6-9-22(20-24)32(33,34)35/h2-20,29-30H,1H3,(H,37,41). The van der Waals surface area contributed by atoms with Crippen molar-refractivity contribution in [2.75, 3.05) is 4.90 Å². The van der Waals surface area contributed by atoms with Crippen LogP contribution in [0.15, 0.2) is 116 Å². The van der Waals surface area contributed by atoms with Gasteiger partial charge in [-0.05, 0) is 97.5 Å². The van der Waals surface area contributed by atoms with Crippen LogP contribution < -0.4 is 15.0 Å². The predicted molar refractivity (Wildman–Crippen MR) is 156 cm³/mol. The maximum atomic E-state index is 13.6. The highest BCUT2D eigenvalue weighted by Crippen LogP contribution is 2.43. The number of thiocarbonyl (C=S) groups is 1. The quantitative estimate of drug-likeness (QED) is 0.209. The smallest absolute Gasteiger partial charge is 0.416 e. The van der Waals surface area contributed by atoms with Crippen molar-refractivity contribution in [3.63, 3.8) is 0 Å². The van der Waals surface area contributed by atoms with E-state index in [4.69, 9.17) is 17.0 Å². The molecule has 6 rings (SSSR count). The number of nitrogens with zero attached hydrogens (tertiary/aromatic N) is 3. The van der Waals surface area contributed by atoms with Gasteiger partial charge in [0.1, 0.15) is 17.5 Å². The Bertz CT molecular complexity index is 1690. The lowest BCUT2D eigenvalue weighted by Crippen LogP contribution is -2.30. The molecule has 9 heteroatoms. The predicted octanol–water partition coefficient (Wildman–Crippen LogP) is 8.17. The number of hydrogen-bond donors (Lipinski definition) is 1. The molecule has 1 N–H and O–H groups in total. The molecule has 1 aliphatic heterocycles. The average Bonchev–Trinajstić information content (AvgIpc) is 3.59. The van der Waals surface area contributed by atoms with Gasteiger partial charge in [-0.15, -0.1) is 0 Å². The third-order valence-electron chi connectivity index (χ3n) is 7.07. The number of anilines is 1. The number of ether oxygens (including phenoxy) is 1. The molecular weight excluding hydrogens is 545 g/mol. The first-order valence-corrected chi connectivity index (χ1v) is 13.4. The number of aromatic nitrogens is 2. The number of halogens is 3. The summed E-state index contributed by atoms with van der Waals surface area (Å²) >= 11 is 5.83. The second-order valence-electron chi connectivity index (χ2n) is 9.71. The maximum Gasteiger partial charge on any atom is 0.416 e. The Morgan fingerprint density at radius 2 is 1.63 bits per heavy atom. The van der Waals surface area contributed by atoms with Gasteiger partial charge in [0.15, 0.2) is 5.11 Å². The van der Waals surface area contributed by atoms with Gasteiger partial charge in [-0.1, -0.05) is 30.3 Å². The molecule has 5 aromatic rings. The number of pyridine rings is 1. The molecule has 0 radical (unpaired) electrons. The van der Waals surface area contributed by atoms with Crippen LogP contribution in [0.25, 0.3) is 5.69 Å². The van der Waals surface area contributed by atoms with Crippen molar-refractivity contribution in [2.24, 2.45) is 0 Å². The minimum absolute atomic E-state index is 0.356. The topological polar surface area (TPSA) is 42.3 Å². The molecule has 3 heterocycles. The van der Waals surface area contributed by atoms with Crippen LogP contribution in [0.3, 0.4) is 0 Å². The van der Waals surface area contributed by atoms with Crippen molar-refractivity contribution < 1.29 is 17.9 Å². The Kier molecular flexibility index (Phi) is 6.96. The van der Waals surface area contributed by atoms with E-state index in [1.54, 1.807) is 23.0 Å². The fourth-order valence-electron chi connectivity index (χ4n) is 5.11. The largest absolute Gasteiger partial charge is 0.457 e. The maximum absolute atomic E-state index is 13.6. The summed E-state index contributed by atoms with van der Waals surface area (Å²) in [6.45, 7) is 1.99. The molecule has 2 aromatic heterocycles. The van der Waals surface area contributed by atoms with E-state index < -0.39 is 17.8 Å². The molecule has 41 heavy (non-hydrogen) atoms. The van der Waals surface area contributed by atoms with Crippen LogP contribution >= 0.6 is 12.2 Å². The third kappa shape index (κ3) is 5.28. The lowest BCUT2D eigenvalue weighted by Gasteiger charge is -2.29. The van der Waals surface area contributed by atoms with Crippen molar-refractivity contribution in [2.45, 2.75) is 25.2 Å². The van der Waals surface area contributed by atoms with E-state index in [1.807, 2.05) is 90.7 Å². The average molecular weight is 571 g/mol. The number of alkyl halides is 3. The summed E-state index contributed by atoms with van der Waals surface area (Å²) in [6.07, 6.45) is -0.979. The van der Waals surface area contributed by atoms with Crippen LogP contribution in [0, 0.1) is 6.92 Å². The zero-order chi connectivity index (χ0) is 28.6. The first kappa shape index (κ1) is 26.6. The van der Waals surface area contributed by atoms with Gasteiger partial charge in [0, 0.05) is 29.5 Å². The third-order valence-corrected chi connectivity index (χ3v) is 7.38. The van der Waals surface area contributed by atoms with Gasteiger partial charge in [-0.25, -0.2) is 0 Å². The van der Waals surface area contributed by atoms with E-state index in [2.05, 4.69) is 10.3 Å². The van der Waals surface area contributed by atoms with Crippen molar-refractivity contribution in [3.05, 3.63) is 138 Å². The summed E-state index contributed by atoms with van der Waals surface area (Å²) in [4.78, 5) is 6.55. The Morgan fingerprint density at radius 1 is 0.854 bits per heavy atom. The second-order valence-corrected chi connectivity index (χ2v) is 10.1. The Labute approximate surface area is 240 Å². The van der Waals surface area contributed by atoms with Crippen LogP contribution in [-0.4, -0.2) is 14.7 Å². The van der Waals surface area contributed by atoms with E-state index in [-0.39, 0.29) is 6.04 Å². The highest BCUT2D eigenvalue weighted by molar-refractivity contribution is 7.80. The van der Waals surface area contributed by atoms with E-state index in [9.17, 15) is 13.2 Å². The number of aryl methyl sites for hydroxylation is 1. The molecule has 0 aliphatic carbocycles. The SMILES string of the molecule is Cc1ccccc1Oc1ccc(N2C(=S)NC(c3ccccn3)C2c2cccn2-c2cccc(C(F)(F)F)c2)cc1. The minimum atomic E-state index is -4.45. The van der Waals surface area contributed by atoms with Gasteiger partial charge in [-0.2, -0.15) is 13.2 Å². The van der Waals surface area contributed by atoms with Crippen LogP contribution in [0.1, 0.15) is 34.6 Å². The van der Waals surface area contributed by atoms with Gasteiger partial charge in [0.2, 0.25) is 0 Å². The molecule has 1 saturated heterocycles. The van der Waals surface area contributed by atoms with Crippen molar-refractivity contribution in [3.8, 4) is 17.2 Å². The van der Waals surface area contributed by atoms with Crippen LogP contribution in [0.2, 0.25) is 0 Å². The van der Waals surface area contributed by atoms with E-state index >= 15 is 0 Å². The number of rotatable bonds is 6. The first-order valence-electron chi connectivity index (χ1n) is 13.0. The minimum Gasteiger partial charge on any atom is -0.457 e. The molecular formula is C32H25F3N4OS. The lowest BCUT2D eigenvalue weighted by molar-refractivity contribution is -0.137. The van der Waals surface area contributed by atoms with Crippen molar-refractivity contribution in [1.82, 2.24) is 14.9 Å². The van der Waals surface area contributed by atoms with E-state index in [0.717, 1.165) is 40.5 Å². The van der Waals surface area contributed by atoms with E-state index in [1.165, 1.54) is 6.07 Å². The van der Waals surface area contributed by atoms with Gasteiger partial charge in [0.25, 0.3) is 0 Å². The van der Waals surface area contributed by atoms with Gasteiger partial charge >= 0.3 is 6.18 Å². The summed E-state index contributed by atoms with van der Waals surface area (Å²) in [5.41, 5.74) is 3.04. The molecule has 1 fully saturated rings. The summed E-state index contributed by atoms with van der Waals surface area (Å²) in [5, 5.41) is 3.89. The molecule has 2 atom stereocenters. The summed E-state index contributed by atoms with van der Waals surface area (Å²) in [6, 6.07) is 29.3. The molecule has 3 aromatic carbocycles. The number of benzene rings is 3. The summed E-state index contributed by atoms with van der Waals surface area (Å²) in [7, 11) is 0. The van der Waals surface area contributed by atoms with Crippen molar-refractivity contribution >= 4 is 23.0 Å². The molecule has 0 amide bonds. The van der Waals surface area contributed by atoms with Gasteiger partial charge in [-0.3, -0.25) is 4.98 Å². The molecule has 5 nitrogen and oxygen atoms in total. The normalized spacial score (nSPS) is 17.0. The summed E-state index contributed by atoms with van der Waals surface area (Å²) < 4.78 is 48.5. The van der Waals surface area contributed by atoms with E-state index in [0.29, 0.717) is 16.5 Å². The molecule has 2 unspecified atom stereocenters. The van der Waals surface area contributed by atoms with Crippen LogP contribution in [-0.2, 0) is 6.18 Å². The monoisotopic (exact) mass is 570 g/mol.